The lowest BCUT2D eigenvalue weighted by molar-refractivity contribution is 0.0729. The third-order valence-corrected chi connectivity index (χ3v) is 5.68. The maximum absolute atomic E-state index is 14.8. The van der Waals surface area contributed by atoms with E-state index in [1.807, 2.05) is 12.1 Å². The van der Waals surface area contributed by atoms with Crippen molar-refractivity contribution in [1.29, 1.82) is 0 Å². The van der Waals surface area contributed by atoms with E-state index in [0.29, 0.717) is 16.7 Å². The Morgan fingerprint density at radius 1 is 0.765 bits per heavy atom. The van der Waals surface area contributed by atoms with Crippen LogP contribution < -0.4 is 4.74 Å². The molecule has 0 unspecified atom stereocenters. The lowest BCUT2D eigenvalue weighted by Crippen LogP contribution is -2.12. The van der Waals surface area contributed by atoms with E-state index in [2.05, 4.69) is 6.92 Å². The lowest BCUT2D eigenvalue weighted by Gasteiger charge is -2.10. The first-order chi connectivity index (χ1) is 16.4. The molecule has 0 heterocycles. The Morgan fingerprint density at radius 3 is 2.06 bits per heavy atom. The zero-order valence-electron chi connectivity index (χ0n) is 18.9. The molecule has 0 atom stereocenters. The van der Waals surface area contributed by atoms with Crippen molar-refractivity contribution < 1.29 is 22.7 Å². The average Bonchev–Trinajstić information content (AvgIpc) is 2.84. The standard InChI is InChI=1S/C29H23F3O2/c1-3-4-19-6-9-21(10-7-19)24-15-16-25(28(32)27(24)31)29(33)34-23-13-11-20(12-14-23)22-8-5-18(2)26(30)17-22/h5-17H,3-4H2,1-2H3. The van der Waals surface area contributed by atoms with Crippen LogP contribution in [-0.4, -0.2) is 5.97 Å². The molecule has 0 spiro atoms. The number of hydrogen-bond acceptors (Lipinski definition) is 2. The van der Waals surface area contributed by atoms with Gasteiger partial charge in [0.15, 0.2) is 11.6 Å². The molecular weight excluding hydrogens is 437 g/mol. The van der Waals surface area contributed by atoms with E-state index in [1.165, 1.54) is 30.3 Å². The molecule has 0 aliphatic rings. The van der Waals surface area contributed by atoms with Crippen LogP contribution in [0.5, 0.6) is 5.75 Å². The second kappa shape index (κ2) is 9.96. The zero-order chi connectivity index (χ0) is 24.2. The van der Waals surface area contributed by atoms with Crippen LogP contribution in [0.3, 0.4) is 0 Å². The summed E-state index contributed by atoms with van der Waals surface area (Å²) in [6.07, 6.45) is 1.90. The van der Waals surface area contributed by atoms with Crippen LogP contribution in [0.2, 0.25) is 0 Å². The maximum atomic E-state index is 14.8. The summed E-state index contributed by atoms with van der Waals surface area (Å²) in [7, 11) is 0. The number of rotatable bonds is 6. The molecule has 4 aromatic carbocycles. The molecule has 34 heavy (non-hydrogen) atoms. The van der Waals surface area contributed by atoms with Crippen LogP contribution in [-0.2, 0) is 6.42 Å². The number of aryl methyl sites for hydroxylation is 2. The van der Waals surface area contributed by atoms with Crippen LogP contribution >= 0.6 is 0 Å². The van der Waals surface area contributed by atoms with Gasteiger partial charge >= 0.3 is 5.97 Å². The third-order valence-electron chi connectivity index (χ3n) is 5.68. The van der Waals surface area contributed by atoms with Gasteiger partial charge in [0, 0.05) is 5.56 Å². The van der Waals surface area contributed by atoms with Gasteiger partial charge in [-0.2, -0.15) is 0 Å². The molecule has 0 saturated heterocycles. The summed E-state index contributed by atoms with van der Waals surface area (Å²) in [6.45, 7) is 3.75. The second-order valence-electron chi connectivity index (χ2n) is 8.11. The van der Waals surface area contributed by atoms with Crippen LogP contribution in [0.4, 0.5) is 13.2 Å². The van der Waals surface area contributed by atoms with Crippen LogP contribution in [0.15, 0.2) is 78.9 Å². The summed E-state index contributed by atoms with van der Waals surface area (Å²) in [5.41, 5.74) is 3.17. The van der Waals surface area contributed by atoms with Gasteiger partial charge in [-0.15, -0.1) is 0 Å². The molecule has 2 nitrogen and oxygen atoms in total. The van der Waals surface area contributed by atoms with E-state index in [0.717, 1.165) is 24.0 Å². The summed E-state index contributed by atoms with van der Waals surface area (Å²) >= 11 is 0. The van der Waals surface area contributed by atoms with Crippen LogP contribution in [0.1, 0.15) is 34.8 Å². The quantitative estimate of drug-likeness (QED) is 0.216. The Morgan fingerprint density at radius 2 is 1.41 bits per heavy atom. The molecule has 0 radical (unpaired) electrons. The number of benzene rings is 4. The first-order valence-electron chi connectivity index (χ1n) is 11.0. The number of carbonyl (C=O) groups is 1. The molecule has 0 N–H and O–H groups in total. The minimum Gasteiger partial charge on any atom is -0.423 e. The van der Waals surface area contributed by atoms with Crippen molar-refractivity contribution in [2.24, 2.45) is 0 Å². The number of esters is 1. The van der Waals surface area contributed by atoms with E-state index >= 15 is 0 Å². The molecule has 172 valence electrons. The lowest BCUT2D eigenvalue weighted by atomic mass is 10.00. The van der Waals surface area contributed by atoms with Crippen molar-refractivity contribution >= 4 is 5.97 Å². The molecule has 0 saturated carbocycles. The first kappa shape index (κ1) is 23.3. The topological polar surface area (TPSA) is 26.3 Å². The Balaban J connectivity index is 1.51. The normalized spacial score (nSPS) is 10.9. The minimum absolute atomic E-state index is 0.0757. The highest BCUT2D eigenvalue weighted by atomic mass is 19.2. The summed E-state index contributed by atoms with van der Waals surface area (Å²) in [5.74, 6) is -3.51. The fourth-order valence-electron chi connectivity index (χ4n) is 3.72. The summed E-state index contributed by atoms with van der Waals surface area (Å²) in [4.78, 5) is 12.5. The van der Waals surface area contributed by atoms with E-state index < -0.39 is 23.2 Å². The first-order valence-corrected chi connectivity index (χ1v) is 11.0. The van der Waals surface area contributed by atoms with Gasteiger partial charge in [0.1, 0.15) is 11.6 Å². The fourth-order valence-corrected chi connectivity index (χ4v) is 3.72. The van der Waals surface area contributed by atoms with Gasteiger partial charge in [-0.1, -0.05) is 67.9 Å². The van der Waals surface area contributed by atoms with Gasteiger partial charge < -0.3 is 4.74 Å². The largest absolute Gasteiger partial charge is 0.423 e. The van der Waals surface area contributed by atoms with E-state index in [9.17, 15) is 18.0 Å². The van der Waals surface area contributed by atoms with Gasteiger partial charge in [-0.3, -0.25) is 0 Å². The molecule has 4 aromatic rings. The maximum Gasteiger partial charge on any atom is 0.346 e. The van der Waals surface area contributed by atoms with Gasteiger partial charge in [-0.05, 0) is 65.4 Å². The van der Waals surface area contributed by atoms with E-state index in [1.54, 1.807) is 43.3 Å². The van der Waals surface area contributed by atoms with Gasteiger partial charge in [0.05, 0.1) is 5.56 Å². The third kappa shape index (κ3) is 4.88. The van der Waals surface area contributed by atoms with Gasteiger partial charge in [-0.25, -0.2) is 18.0 Å². The molecule has 0 aliphatic carbocycles. The Labute approximate surface area is 196 Å². The molecular formula is C29H23F3O2. The molecule has 0 fully saturated rings. The van der Waals surface area contributed by atoms with Crippen LogP contribution in [0, 0.1) is 24.4 Å². The fraction of sp³-hybridized carbons (Fsp3) is 0.138. The molecule has 0 amide bonds. The van der Waals surface area contributed by atoms with Crippen molar-refractivity contribution in [3.8, 4) is 28.0 Å². The Bertz CT molecular complexity index is 1330. The van der Waals surface area contributed by atoms with Crippen molar-refractivity contribution in [2.75, 3.05) is 0 Å². The smallest absolute Gasteiger partial charge is 0.346 e. The monoisotopic (exact) mass is 460 g/mol. The predicted octanol–water partition coefficient (Wildman–Crippen LogP) is 7.92. The van der Waals surface area contributed by atoms with Gasteiger partial charge in [0.25, 0.3) is 0 Å². The molecule has 4 rings (SSSR count). The summed E-state index contributed by atoms with van der Waals surface area (Å²) < 4.78 is 48.6. The van der Waals surface area contributed by atoms with Crippen molar-refractivity contribution in [3.05, 3.63) is 113 Å². The summed E-state index contributed by atoms with van der Waals surface area (Å²) in [5, 5.41) is 0. The zero-order valence-corrected chi connectivity index (χ0v) is 18.9. The predicted molar refractivity (Wildman–Crippen MR) is 127 cm³/mol. The summed E-state index contributed by atoms with van der Waals surface area (Å²) in [6, 6.07) is 21.1. The number of ether oxygens (including phenoxy) is 1. The number of carbonyl (C=O) groups excluding carboxylic acids is 1. The Kier molecular flexibility index (Phi) is 6.82. The molecule has 0 aromatic heterocycles. The van der Waals surface area contributed by atoms with E-state index in [4.69, 9.17) is 4.74 Å². The number of halogens is 3. The highest BCUT2D eigenvalue weighted by Gasteiger charge is 2.21. The molecule has 5 heteroatoms. The average molecular weight is 460 g/mol. The number of hydrogen-bond donors (Lipinski definition) is 0. The molecule has 0 aliphatic heterocycles. The van der Waals surface area contributed by atoms with E-state index in [-0.39, 0.29) is 17.1 Å². The highest BCUT2D eigenvalue weighted by Crippen LogP contribution is 2.28. The van der Waals surface area contributed by atoms with Crippen molar-refractivity contribution in [2.45, 2.75) is 26.7 Å². The molecule has 0 bridgehead atoms. The Hall–Kier alpha value is -3.86. The van der Waals surface area contributed by atoms with Gasteiger partial charge in [0.2, 0.25) is 0 Å². The van der Waals surface area contributed by atoms with Crippen molar-refractivity contribution in [3.63, 3.8) is 0 Å². The van der Waals surface area contributed by atoms with Crippen LogP contribution in [0.25, 0.3) is 22.3 Å². The second-order valence-corrected chi connectivity index (χ2v) is 8.11. The SMILES string of the molecule is CCCc1ccc(-c2ccc(C(=O)Oc3ccc(-c4ccc(C)c(F)c4)cc3)c(F)c2F)cc1. The van der Waals surface area contributed by atoms with Crippen molar-refractivity contribution in [1.82, 2.24) is 0 Å². The highest BCUT2D eigenvalue weighted by molar-refractivity contribution is 5.92. The minimum atomic E-state index is -1.26.